The Morgan fingerprint density at radius 1 is 1.09 bits per heavy atom. The summed E-state index contributed by atoms with van der Waals surface area (Å²) in [6.07, 6.45) is 9.91. The van der Waals surface area contributed by atoms with Crippen molar-refractivity contribution in [2.45, 2.75) is 106 Å². The van der Waals surface area contributed by atoms with E-state index in [4.69, 9.17) is 5.11 Å². The van der Waals surface area contributed by atoms with E-state index in [-0.39, 0.29) is 22.2 Å². The van der Waals surface area contributed by atoms with Crippen molar-refractivity contribution in [1.29, 1.82) is 0 Å². The molecule has 34 heavy (non-hydrogen) atoms. The number of ketones is 2. The summed E-state index contributed by atoms with van der Waals surface area (Å²) in [5, 5.41) is 9.15. The smallest absolute Gasteiger partial charge is 0.330 e. The van der Waals surface area contributed by atoms with E-state index >= 15 is 0 Å². The Kier molecular flexibility index (Phi) is 6.10. The molecule has 0 aliphatic heterocycles. The first kappa shape index (κ1) is 25.4. The molecule has 4 aliphatic carbocycles. The zero-order valence-electron chi connectivity index (χ0n) is 22.3. The summed E-state index contributed by atoms with van der Waals surface area (Å²) < 4.78 is 0. The molecule has 3 unspecified atom stereocenters. The molecule has 4 heteroatoms. The topological polar surface area (TPSA) is 71.4 Å². The molecule has 0 saturated heterocycles. The molecule has 4 aliphatic rings. The largest absolute Gasteiger partial charge is 0.478 e. The highest BCUT2D eigenvalue weighted by Crippen LogP contribution is 2.71. The van der Waals surface area contributed by atoms with Gasteiger partial charge in [0, 0.05) is 34.8 Å². The van der Waals surface area contributed by atoms with Crippen LogP contribution in [-0.2, 0) is 14.4 Å². The Labute approximate surface area is 205 Å². The summed E-state index contributed by atoms with van der Waals surface area (Å²) in [7, 11) is 0. The fourth-order valence-electron chi connectivity index (χ4n) is 8.97. The van der Waals surface area contributed by atoms with Crippen LogP contribution in [0.4, 0.5) is 0 Å². The highest BCUT2D eigenvalue weighted by Gasteiger charge is 2.65. The van der Waals surface area contributed by atoms with Crippen molar-refractivity contribution in [2.75, 3.05) is 0 Å². The first-order valence-electron chi connectivity index (χ1n) is 13.4. The number of hydrogen-bond acceptors (Lipinski definition) is 3. The van der Waals surface area contributed by atoms with E-state index in [0.717, 1.165) is 50.5 Å². The van der Waals surface area contributed by atoms with Crippen LogP contribution in [0, 0.1) is 39.4 Å². The predicted octanol–water partition coefficient (Wildman–Crippen LogP) is 6.93. The molecular formula is C30H44O4. The van der Waals surface area contributed by atoms with Crippen LogP contribution in [0.2, 0.25) is 0 Å². The molecule has 0 aromatic carbocycles. The fourth-order valence-corrected chi connectivity index (χ4v) is 8.97. The predicted molar refractivity (Wildman–Crippen MR) is 134 cm³/mol. The minimum Gasteiger partial charge on any atom is -0.478 e. The van der Waals surface area contributed by atoms with Gasteiger partial charge in [0.2, 0.25) is 0 Å². The van der Waals surface area contributed by atoms with Gasteiger partial charge in [-0.3, -0.25) is 9.59 Å². The van der Waals surface area contributed by atoms with Crippen LogP contribution >= 0.6 is 0 Å². The van der Waals surface area contributed by atoms with Crippen LogP contribution < -0.4 is 0 Å². The Morgan fingerprint density at radius 3 is 2.41 bits per heavy atom. The molecule has 0 aromatic rings. The third-order valence-corrected chi connectivity index (χ3v) is 11.5. The number of hydrogen-bond donors (Lipinski definition) is 1. The van der Waals surface area contributed by atoms with Crippen LogP contribution in [0.25, 0.3) is 0 Å². The summed E-state index contributed by atoms with van der Waals surface area (Å²) in [5.74, 6) is 0.923. The summed E-state index contributed by atoms with van der Waals surface area (Å²) in [5.41, 5.74) is 2.44. The van der Waals surface area contributed by atoms with E-state index < -0.39 is 11.4 Å². The molecule has 0 radical (unpaired) electrons. The van der Waals surface area contributed by atoms with E-state index in [2.05, 4.69) is 41.5 Å². The molecule has 2 fully saturated rings. The molecule has 4 nitrogen and oxygen atoms in total. The van der Waals surface area contributed by atoms with Crippen molar-refractivity contribution in [3.05, 3.63) is 22.8 Å². The highest BCUT2D eigenvalue weighted by molar-refractivity contribution is 6.00. The molecule has 0 heterocycles. The van der Waals surface area contributed by atoms with Gasteiger partial charge < -0.3 is 5.11 Å². The average Bonchev–Trinajstić information content (AvgIpc) is 3.04. The lowest BCUT2D eigenvalue weighted by molar-refractivity contribution is -0.142. The second-order valence-electron chi connectivity index (χ2n) is 13.2. The second kappa shape index (κ2) is 8.17. The summed E-state index contributed by atoms with van der Waals surface area (Å²) in [4.78, 5) is 37.8. The lowest BCUT2D eigenvalue weighted by atomic mass is 9.43. The zero-order chi connectivity index (χ0) is 25.3. The molecule has 0 amide bonds. The number of aliphatic carboxylic acids is 1. The number of carboxylic acids is 1. The molecule has 0 spiro atoms. The first-order valence-corrected chi connectivity index (χ1v) is 13.4. The molecule has 0 bridgehead atoms. The van der Waals surface area contributed by atoms with Gasteiger partial charge in [0.25, 0.3) is 0 Å². The molecule has 4 rings (SSSR count). The number of carbonyl (C=O) groups is 3. The van der Waals surface area contributed by atoms with E-state index in [0.29, 0.717) is 41.8 Å². The van der Waals surface area contributed by atoms with Crippen LogP contribution in [0.5, 0.6) is 0 Å². The molecule has 6 atom stereocenters. The summed E-state index contributed by atoms with van der Waals surface area (Å²) >= 11 is 0. The van der Waals surface area contributed by atoms with Gasteiger partial charge in [0.15, 0.2) is 5.78 Å². The van der Waals surface area contributed by atoms with Crippen LogP contribution in [0.15, 0.2) is 22.8 Å². The van der Waals surface area contributed by atoms with E-state index in [1.807, 2.05) is 6.08 Å². The number of carboxylic acid groups (broad SMARTS) is 1. The van der Waals surface area contributed by atoms with Gasteiger partial charge in [0.05, 0.1) is 0 Å². The summed E-state index contributed by atoms with van der Waals surface area (Å²) in [6.45, 7) is 15.3. The van der Waals surface area contributed by atoms with Gasteiger partial charge in [-0.25, -0.2) is 4.79 Å². The third kappa shape index (κ3) is 3.41. The van der Waals surface area contributed by atoms with Crippen LogP contribution in [-0.4, -0.2) is 22.6 Å². The normalized spacial score (nSPS) is 40.5. The van der Waals surface area contributed by atoms with Crippen molar-refractivity contribution in [1.82, 2.24) is 0 Å². The lowest BCUT2D eigenvalue weighted by Crippen LogP contribution is -2.56. The van der Waals surface area contributed by atoms with Crippen molar-refractivity contribution in [3.63, 3.8) is 0 Å². The summed E-state index contributed by atoms with van der Waals surface area (Å²) in [6, 6.07) is 0. The van der Waals surface area contributed by atoms with E-state index in [1.165, 1.54) is 5.57 Å². The van der Waals surface area contributed by atoms with Gasteiger partial charge >= 0.3 is 5.97 Å². The average molecular weight is 469 g/mol. The zero-order valence-corrected chi connectivity index (χ0v) is 22.3. The third-order valence-electron chi connectivity index (χ3n) is 11.5. The molecule has 1 N–H and O–H groups in total. The van der Waals surface area contributed by atoms with Gasteiger partial charge in [0.1, 0.15) is 5.78 Å². The number of carbonyl (C=O) groups excluding carboxylic acids is 2. The second-order valence-corrected chi connectivity index (χ2v) is 13.2. The van der Waals surface area contributed by atoms with Gasteiger partial charge in [-0.1, -0.05) is 53.2 Å². The number of Topliss-reactive ketones (excluding diaryl/α,β-unsaturated/α-hetero) is 2. The Balaban J connectivity index is 1.66. The van der Waals surface area contributed by atoms with Crippen molar-refractivity contribution in [2.24, 2.45) is 39.4 Å². The van der Waals surface area contributed by atoms with Crippen molar-refractivity contribution < 1.29 is 19.5 Å². The number of fused-ring (bicyclic) bond motifs is 4. The standard InChI is InChI=1S/C30H44O4/c1-18(9-8-10-19(2)26(33)34)20-11-16-30(7)25-21(12-15-29(20,30)6)28(5)14-13-24(32)27(3,4)23(28)17-22(25)31/h10,18,20,23H,8-9,11-17H2,1-7H3,(H,33,34)/t18?,20?,23?,28-,29-,30+/m1/s1. The maximum Gasteiger partial charge on any atom is 0.330 e. The molecule has 188 valence electrons. The first-order chi connectivity index (χ1) is 15.7. The van der Waals surface area contributed by atoms with Crippen molar-refractivity contribution >= 4 is 17.5 Å². The van der Waals surface area contributed by atoms with E-state index in [9.17, 15) is 14.4 Å². The Bertz CT molecular complexity index is 984. The Hall–Kier alpha value is -1.71. The minimum atomic E-state index is -0.838. The van der Waals surface area contributed by atoms with Gasteiger partial charge in [-0.2, -0.15) is 0 Å². The molecule has 2 saturated carbocycles. The SMILES string of the molecule is CC(=CCCC(C)C1CC[C@@]2(C)C3=C(CC[C@]12C)[C@@]1(C)CCC(=O)C(C)(C)C1CC3=O)C(=O)O. The minimum absolute atomic E-state index is 0.0478. The fraction of sp³-hybridized carbons (Fsp3) is 0.767. The monoisotopic (exact) mass is 468 g/mol. The molecule has 0 aromatic heterocycles. The quantitative estimate of drug-likeness (QED) is 0.444. The lowest BCUT2D eigenvalue weighted by Gasteiger charge is -2.60. The Morgan fingerprint density at radius 2 is 1.76 bits per heavy atom. The van der Waals surface area contributed by atoms with Gasteiger partial charge in [-0.05, 0) is 80.5 Å². The maximum absolute atomic E-state index is 13.9. The van der Waals surface area contributed by atoms with E-state index in [1.54, 1.807) is 6.92 Å². The van der Waals surface area contributed by atoms with Crippen LogP contribution in [0.1, 0.15) is 106 Å². The van der Waals surface area contributed by atoms with Crippen LogP contribution in [0.3, 0.4) is 0 Å². The number of rotatable bonds is 5. The van der Waals surface area contributed by atoms with Crippen molar-refractivity contribution in [3.8, 4) is 0 Å². The van der Waals surface area contributed by atoms with Gasteiger partial charge in [-0.15, -0.1) is 0 Å². The maximum atomic E-state index is 13.9. The highest BCUT2D eigenvalue weighted by atomic mass is 16.4. The molecular weight excluding hydrogens is 424 g/mol. The number of allylic oxidation sites excluding steroid dienone is 3.